The van der Waals surface area contributed by atoms with Crippen molar-refractivity contribution in [2.45, 2.75) is 71.5 Å². The molecule has 0 saturated heterocycles. The van der Waals surface area contributed by atoms with Crippen molar-refractivity contribution in [2.75, 3.05) is 0 Å². The van der Waals surface area contributed by atoms with Crippen molar-refractivity contribution in [2.24, 2.45) is 0 Å². The van der Waals surface area contributed by atoms with E-state index < -0.39 is 12.0 Å². The van der Waals surface area contributed by atoms with Gasteiger partial charge in [-0.05, 0) is 30.0 Å². The number of rotatable bonds is 13. The molecule has 35 heavy (non-hydrogen) atoms. The molecule has 1 atom stereocenters. The Morgan fingerprint density at radius 2 is 1.77 bits per heavy atom. The highest BCUT2D eigenvalue weighted by atomic mass is 35.5. The van der Waals surface area contributed by atoms with Crippen molar-refractivity contribution in [3.63, 3.8) is 0 Å². The Balaban J connectivity index is 1.98. The fourth-order valence-corrected chi connectivity index (χ4v) is 4.37. The second-order valence-electron chi connectivity index (χ2n) is 8.76. The minimum atomic E-state index is -1.01. The van der Waals surface area contributed by atoms with E-state index in [0.717, 1.165) is 41.9 Å². The Morgan fingerprint density at radius 1 is 1.06 bits per heavy atom. The molecule has 0 aliphatic rings. The van der Waals surface area contributed by atoms with Gasteiger partial charge in [0, 0.05) is 24.3 Å². The maximum absolute atomic E-state index is 13.2. The number of nitrogens with zero attached hydrogens (tertiary/aromatic N) is 3. The summed E-state index contributed by atoms with van der Waals surface area (Å²) >= 11 is 6.45. The number of carboxylic acid groups (broad SMARTS) is 1. The van der Waals surface area contributed by atoms with Gasteiger partial charge in [0.15, 0.2) is 0 Å². The van der Waals surface area contributed by atoms with Crippen LogP contribution in [0.5, 0.6) is 0 Å². The predicted octanol–water partition coefficient (Wildman–Crippen LogP) is 5.75. The van der Waals surface area contributed by atoms with E-state index in [1.165, 1.54) is 4.90 Å². The van der Waals surface area contributed by atoms with E-state index in [9.17, 15) is 14.7 Å². The molecule has 0 fully saturated rings. The van der Waals surface area contributed by atoms with Crippen molar-refractivity contribution < 1.29 is 14.7 Å². The molecule has 1 unspecified atom stereocenters. The summed E-state index contributed by atoms with van der Waals surface area (Å²) in [5, 5.41) is 10.8. The Bertz CT molecular complexity index is 1110. The van der Waals surface area contributed by atoms with E-state index in [-0.39, 0.29) is 18.9 Å². The topological polar surface area (TPSA) is 75.4 Å². The Kier molecular flexibility index (Phi) is 9.91. The predicted molar refractivity (Wildman–Crippen MR) is 138 cm³/mol. The van der Waals surface area contributed by atoms with Crippen LogP contribution in [0.1, 0.15) is 62.2 Å². The normalized spacial score (nSPS) is 11.9. The maximum atomic E-state index is 13.2. The summed E-state index contributed by atoms with van der Waals surface area (Å²) in [5.41, 5.74) is 2.64. The first kappa shape index (κ1) is 26.5. The van der Waals surface area contributed by atoms with Crippen molar-refractivity contribution in [3.8, 4) is 0 Å². The van der Waals surface area contributed by atoms with E-state index in [0.29, 0.717) is 24.4 Å². The van der Waals surface area contributed by atoms with Crippen LogP contribution in [0.4, 0.5) is 0 Å². The number of aromatic nitrogens is 2. The molecule has 0 spiro atoms. The number of carbonyl (C=O) groups excluding carboxylic acids is 1. The summed E-state index contributed by atoms with van der Waals surface area (Å²) in [6.07, 6.45) is 5.78. The monoisotopic (exact) mass is 495 g/mol. The Morgan fingerprint density at radius 3 is 2.43 bits per heavy atom. The molecular formula is C28H34ClN3O3. The third-order valence-electron chi connectivity index (χ3n) is 6.11. The highest BCUT2D eigenvalue weighted by Gasteiger charge is 2.30. The summed E-state index contributed by atoms with van der Waals surface area (Å²) < 4.78 is 2.09. The molecule has 0 aliphatic heterocycles. The Labute approximate surface area is 212 Å². The molecule has 3 rings (SSSR count). The first-order valence-corrected chi connectivity index (χ1v) is 12.6. The van der Waals surface area contributed by atoms with Gasteiger partial charge in [0.1, 0.15) is 11.9 Å². The number of carboxylic acids is 1. The smallest absolute Gasteiger partial charge is 0.326 e. The summed E-state index contributed by atoms with van der Waals surface area (Å²) in [5.74, 6) is -0.266. The molecule has 1 heterocycles. The fraction of sp³-hybridized carbons (Fsp3) is 0.393. The number of carbonyl (C=O) groups is 2. The number of aliphatic carboxylic acids is 1. The molecule has 1 amide bonds. The maximum Gasteiger partial charge on any atom is 0.326 e. The number of imidazole rings is 1. The number of aryl methyl sites for hydroxylation is 1. The first-order chi connectivity index (χ1) is 16.9. The lowest BCUT2D eigenvalue weighted by molar-refractivity contribution is -0.151. The van der Waals surface area contributed by atoms with Gasteiger partial charge in [-0.1, -0.05) is 80.4 Å². The van der Waals surface area contributed by atoms with Crippen molar-refractivity contribution in [1.82, 2.24) is 14.5 Å². The minimum Gasteiger partial charge on any atom is -0.480 e. The van der Waals surface area contributed by atoms with Crippen LogP contribution < -0.4 is 0 Å². The quantitative estimate of drug-likeness (QED) is 0.327. The zero-order chi connectivity index (χ0) is 25.2. The molecule has 0 aliphatic carbocycles. The average Bonchev–Trinajstić information content (AvgIpc) is 3.22. The molecule has 6 nitrogen and oxygen atoms in total. The number of amides is 1. The average molecular weight is 496 g/mol. The standard InChI is InChI=1S/C28H34ClN3O3/c1-3-5-16-26-30-18-23(31(26)19-22-14-9-10-15-24(22)29)20-32(27(33)11-4-2)25(28(34)35)17-21-12-7-6-8-13-21/h6-10,12-15,18,25H,3-5,11,16-17,19-20H2,1-2H3,(H,34,35). The van der Waals surface area contributed by atoms with Crippen LogP contribution in [-0.2, 0) is 35.5 Å². The summed E-state index contributed by atoms with van der Waals surface area (Å²) in [4.78, 5) is 31.7. The van der Waals surface area contributed by atoms with Gasteiger partial charge < -0.3 is 14.6 Å². The van der Waals surface area contributed by atoms with Gasteiger partial charge in [-0.3, -0.25) is 4.79 Å². The Hall–Kier alpha value is -3.12. The van der Waals surface area contributed by atoms with Gasteiger partial charge in [0.2, 0.25) is 5.91 Å². The highest BCUT2D eigenvalue weighted by molar-refractivity contribution is 6.31. The van der Waals surface area contributed by atoms with Crippen molar-refractivity contribution >= 4 is 23.5 Å². The van der Waals surface area contributed by atoms with Gasteiger partial charge in [0.05, 0.1) is 25.0 Å². The van der Waals surface area contributed by atoms with Crippen LogP contribution in [0.25, 0.3) is 0 Å². The lowest BCUT2D eigenvalue weighted by atomic mass is 10.0. The summed E-state index contributed by atoms with van der Waals surface area (Å²) in [7, 11) is 0. The van der Waals surface area contributed by atoms with Gasteiger partial charge in [0.25, 0.3) is 0 Å². The van der Waals surface area contributed by atoms with E-state index in [1.807, 2.05) is 61.5 Å². The minimum absolute atomic E-state index is 0.170. The molecule has 0 bridgehead atoms. The molecule has 1 aromatic heterocycles. The molecule has 186 valence electrons. The zero-order valence-corrected chi connectivity index (χ0v) is 21.2. The zero-order valence-electron chi connectivity index (χ0n) is 20.5. The van der Waals surface area contributed by atoms with Crippen LogP contribution in [0.15, 0.2) is 60.8 Å². The second-order valence-corrected chi connectivity index (χ2v) is 9.17. The van der Waals surface area contributed by atoms with Gasteiger partial charge >= 0.3 is 5.97 Å². The third kappa shape index (κ3) is 7.18. The summed E-state index contributed by atoms with van der Waals surface area (Å²) in [6.45, 7) is 4.74. The van der Waals surface area contributed by atoms with E-state index in [4.69, 9.17) is 11.6 Å². The number of halogens is 1. The molecule has 1 N–H and O–H groups in total. The van der Waals surface area contributed by atoms with Crippen LogP contribution in [-0.4, -0.2) is 37.5 Å². The highest BCUT2D eigenvalue weighted by Crippen LogP contribution is 2.22. The van der Waals surface area contributed by atoms with Gasteiger partial charge in [-0.2, -0.15) is 0 Å². The van der Waals surface area contributed by atoms with Gasteiger partial charge in [-0.15, -0.1) is 0 Å². The third-order valence-corrected chi connectivity index (χ3v) is 6.48. The van der Waals surface area contributed by atoms with Crippen molar-refractivity contribution in [3.05, 3.63) is 88.5 Å². The van der Waals surface area contributed by atoms with Crippen LogP contribution in [0, 0.1) is 0 Å². The summed E-state index contributed by atoms with van der Waals surface area (Å²) in [6, 6.07) is 16.1. The number of unbranched alkanes of at least 4 members (excludes halogenated alkanes) is 1. The molecule has 3 aromatic rings. The largest absolute Gasteiger partial charge is 0.480 e. The van der Waals surface area contributed by atoms with E-state index in [1.54, 1.807) is 6.20 Å². The molecule has 0 saturated carbocycles. The van der Waals surface area contributed by atoms with Crippen LogP contribution in [0.2, 0.25) is 5.02 Å². The molecule has 2 aromatic carbocycles. The number of hydrogen-bond donors (Lipinski definition) is 1. The molecular weight excluding hydrogens is 462 g/mol. The second kappa shape index (κ2) is 13.1. The van der Waals surface area contributed by atoms with Crippen LogP contribution in [0.3, 0.4) is 0 Å². The SMILES string of the molecule is CCCCc1ncc(CN(C(=O)CCC)C(Cc2ccccc2)C(=O)O)n1Cc1ccccc1Cl. The van der Waals surface area contributed by atoms with E-state index in [2.05, 4.69) is 16.5 Å². The fourth-order valence-electron chi connectivity index (χ4n) is 4.18. The lowest BCUT2D eigenvalue weighted by Gasteiger charge is -2.30. The lowest BCUT2D eigenvalue weighted by Crippen LogP contribution is -2.46. The number of hydrogen-bond acceptors (Lipinski definition) is 3. The number of benzene rings is 2. The first-order valence-electron chi connectivity index (χ1n) is 12.3. The van der Waals surface area contributed by atoms with Crippen molar-refractivity contribution in [1.29, 1.82) is 0 Å². The van der Waals surface area contributed by atoms with Crippen LogP contribution >= 0.6 is 11.6 Å². The molecule has 0 radical (unpaired) electrons. The van der Waals surface area contributed by atoms with E-state index >= 15 is 0 Å². The van der Waals surface area contributed by atoms with Gasteiger partial charge in [-0.25, -0.2) is 9.78 Å². The molecule has 7 heteroatoms.